The van der Waals surface area contributed by atoms with Gasteiger partial charge in [0.05, 0.1) is 16.1 Å². The fourth-order valence-corrected chi connectivity index (χ4v) is 5.15. The molecule has 0 radical (unpaired) electrons. The molecule has 31 heavy (non-hydrogen) atoms. The lowest BCUT2D eigenvalue weighted by Crippen LogP contribution is -2.31. The van der Waals surface area contributed by atoms with Crippen molar-refractivity contribution in [2.75, 3.05) is 11.4 Å². The van der Waals surface area contributed by atoms with Crippen LogP contribution < -0.4 is 4.90 Å². The standard InChI is InChI=1S/C19H16F7NO3S/c20-11-2-4-12(5-3-11)27-9-10(1-6-17(21)22)18(23)31(29,30)16-8-15(28)13(7-14(16)27)19(24,25)26/h2-5,7-8,10,17-18,28H,1,6,9H2. The van der Waals surface area contributed by atoms with Crippen LogP contribution in [-0.2, 0) is 16.0 Å². The van der Waals surface area contributed by atoms with Gasteiger partial charge in [-0.15, -0.1) is 0 Å². The zero-order chi connectivity index (χ0) is 23.1. The summed E-state index contributed by atoms with van der Waals surface area (Å²) in [4.78, 5) is 0.0749. The highest BCUT2D eigenvalue weighted by Gasteiger charge is 2.44. The minimum Gasteiger partial charge on any atom is -0.507 e. The van der Waals surface area contributed by atoms with Crippen molar-refractivity contribution in [3.8, 4) is 5.75 Å². The predicted molar refractivity (Wildman–Crippen MR) is 97.3 cm³/mol. The summed E-state index contributed by atoms with van der Waals surface area (Å²) in [6.45, 7) is -0.562. The molecule has 2 aromatic rings. The van der Waals surface area contributed by atoms with Gasteiger partial charge in [0, 0.05) is 30.6 Å². The number of fused-ring (bicyclic) bond motifs is 1. The van der Waals surface area contributed by atoms with Gasteiger partial charge in [-0.2, -0.15) is 13.2 Å². The van der Waals surface area contributed by atoms with Crippen molar-refractivity contribution in [3.63, 3.8) is 0 Å². The number of phenols is 1. The van der Waals surface area contributed by atoms with Gasteiger partial charge in [-0.1, -0.05) is 0 Å². The lowest BCUT2D eigenvalue weighted by molar-refractivity contribution is -0.138. The number of aromatic hydroxyl groups is 1. The lowest BCUT2D eigenvalue weighted by Gasteiger charge is -2.28. The van der Waals surface area contributed by atoms with Crippen LogP contribution in [0, 0.1) is 11.7 Å². The molecule has 12 heteroatoms. The van der Waals surface area contributed by atoms with Crippen LogP contribution in [0.25, 0.3) is 0 Å². The summed E-state index contributed by atoms with van der Waals surface area (Å²) >= 11 is 0. The lowest BCUT2D eigenvalue weighted by atomic mass is 10.0. The number of rotatable bonds is 4. The molecule has 170 valence electrons. The first kappa shape index (κ1) is 23.2. The van der Waals surface area contributed by atoms with Gasteiger partial charge >= 0.3 is 6.18 Å². The van der Waals surface area contributed by atoms with Crippen LogP contribution in [0.15, 0.2) is 41.3 Å². The van der Waals surface area contributed by atoms with Crippen molar-refractivity contribution in [3.05, 3.63) is 47.8 Å². The van der Waals surface area contributed by atoms with Crippen molar-refractivity contribution in [1.82, 2.24) is 0 Å². The number of hydrogen-bond donors (Lipinski definition) is 1. The van der Waals surface area contributed by atoms with Gasteiger partial charge in [0.15, 0.2) is 0 Å². The molecule has 2 aromatic carbocycles. The van der Waals surface area contributed by atoms with Gasteiger partial charge in [0.1, 0.15) is 11.6 Å². The maximum Gasteiger partial charge on any atom is 0.420 e. The molecule has 0 saturated heterocycles. The van der Waals surface area contributed by atoms with Crippen LogP contribution in [-0.4, -0.2) is 32.0 Å². The van der Waals surface area contributed by atoms with Crippen LogP contribution in [0.4, 0.5) is 42.1 Å². The third kappa shape index (κ3) is 4.58. The fourth-order valence-electron chi connectivity index (χ4n) is 3.44. The predicted octanol–water partition coefficient (Wildman–Crippen LogP) is 5.43. The second kappa shape index (κ2) is 8.21. The first-order chi connectivity index (χ1) is 14.3. The molecule has 0 saturated carbocycles. The molecule has 1 heterocycles. The van der Waals surface area contributed by atoms with Crippen LogP contribution in [0.3, 0.4) is 0 Å². The molecule has 3 rings (SSSR count). The van der Waals surface area contributed by atoms with Crippen LogP contribution in [0.2, 0.25) is 0 Å². The number of hydrogen-bond acceptors (Lipinski definition) is 4. The van der Waals surface area contributed by atoms with Crippen LogP contribution >= 0.6 is 0 Å². The van der Waals surface area contributed by atoms with E-state index in [0.29, 0.717) is 12.1 Å². The Morgan fingerprint density at radius 3 is 2.29 bits per heavy atom. The Morgan fingerprint density at radius 1 is 1.13 bits per heavy atom. The van der Waals surface area contributed by atoms with Gasteiger partial charge in [-0.25, -0.2) is 26.0 Å². The Kier molecular flexibility index (Phi) is 6.14. The van der Waals surface area contributed by atoms with Gasteiger partial charge in [-0.3, -0.25) is 0 Å². The minimum absolute atomic E-state index is 0.0211. The molecule has 0 aromatic heterocycles. The van der Waals surface area contributed by atoms with Crippen molar-refractivity contribution < 1.29 is 44.3 Å². The summed E-state index contributed by atoms with van der Waals surface area (Å²) in [6, 6.07) is 4.84. The van der Waals surface area contributed by atoms with Gasteiger partial charge in [0.2, 0.25) is 21.8 Å². The summed E-state index contributed by atoms with van der Waals surface area (Å²) in [7, 11) is -4.94. The molecule has 0 spiro atoms. The molecular weight excluding hydrogens is 455 g/mol. The largest absolute Gasteiger partial charge is 0.507 e. The Bertz CT molecular complexity index is 1060. The highest BCUT2D eigenvalue weighted by atomic mass is 32.2. The fraction of sp³-hybridized carbons (Fsp3) is 0.368. The number of alkyl halides is 6. The number of benzene rings is 2. The van der Waals surface area contributed by atoms with Crippen LogP contribution in [0.5, 0.6) is 5.75 Å². The van der Waals surface area contributed by atoms with E-state index < -0.39 is 81.0 Å². The third-order valence-corrected chi connectivity index (χ3v) is 6.88. The molecule has 0 aliphatic carbocycles. The van der Waals surface area contributed by atoms with Gasteiger partial charge in [-0.05, 0) is 36.8 Å². The molecule has 2 atom stereocenters. The number of sulfone groups is 1. The molecule has 1 aliphatic heterocycles. The number of phenolic OH excluding ortho intramolecular Hbond substituents is 1. The van der Waals surface area contributed by atoms with Crippen molar-refractivity contribution in [1.29, 1.82) is 0 Å². The topological polar surface area (TPSA) is 57.6 Å². The number of halogens is 7. The highest BCUT2D eigenvalue weighted by Crippen LogP contribution is 2.46. The molecule has 2 unspecified atom stereocenters. The van der Waals surface area contributed by atoms with E-state index in [4.69, 9.17) is 0 Å². The highest BCUT2D eigenvalue weighted by molar-refractivity contribution is 7.92. The second-order valence-electron chi connectivity index (χ2n) is 7.05. The number of nitrogens with zero attached hydrogens (tertiary/aromatic N) is 1. The molecule has 1 N–H and O–H groups in total. The maximum atomic E-state index is 15.0. The molecule has 0 bridgehead atoms. The molecule has 0 amide bonds. The van der Waals surface area contributed by atoms with E-state index in [0.717, 1.165) is 29.2 Å². The smallest absolute Gasteiger partial charge is 0.420 e. The van der Waals surface area contributed by atoms with E-state index in [9.17, 15) is 39.9 Å². The summed E-state index contributed by atoms with van der Waals surface area (Å²) in [5, 5.41) is 9.77. The molecule has 0 fully saturated rings. The summed E-state index contributed by atoms with van der Waals surface area (Å²) in [5.41, 5.74) is -4.84. The quantitative estimate of drug-likeness (QED) is 0.604. The summed E-state index contributed by atoms with van der Waals surface area (Å²) in [5.74, 6) is -3.63. The van der Waals surface area contributed by atoms with E-state index in [1.165, 1.54) is 0 Å². The first-order valence-electron chi connectivity index (χ1n) is 8.95. The monoisotopic (exact) mass is 471 g/mol. The molecule has 1 aliphatic rings. The average Bonchev–Trinajstić information content (AvgIpc) is 2.74. The van der Waals surface area contributed by atoms with Crippen molar-refractivity contribution in [2.24, 2.45) is 5.92 Å². The van der Waals surface area contributed by atoms with Gasteiger partial charge in [0.25, 0.3) is 0 Å². The van der Waals surface area contributed by atoms with Crippen molar-refractivity contribution in [2.45, 2.75) is 35.8 Å². The normalized spacial score (nSPS) is 21.1. The Morgan fingerprint density at radius 2 is 1.74 bits per heavy atom. The average molecular weight is 471 g/mol. The van der Waals surface area contributed by atoms with E-state index in [1.54, 1.807) is 0 Å². The summed E-state index contributed by atoms with van der Waals surface area (Å²) in [6.07, 6.45) is -9.30. The first-order valence-corrected chi connectivity index (χ1v) is 10.5. The third-order valence-electron chi connectivity index (χ3n) is 4.96. The SMILES string of the molecule is O=S1(=O)c2cc(O)c(C(F)(F)F)cc2N(c2ccc(F)cc2)CC(CCC(F)F)C1F. The van der Waals surface area contributed by atoms with E-state index in [1.807, 2.05) is 0 Å². The number of anilines is 2. The van der Waals surface area contributed by atoms with E-state index in [-0.39, 0.29) is 5.69 Å². The van der Waals surface area contributed by atoms with E-state index in [2.05, 4.69) is 0 Å². The zero-order valence-corrected chi connectivity index (χ0v) is 16.4. The zero-order valence-electron chi connectivity index (χ0n) is 15.6. The maximum absolute atomic E-state index is 15.0. The molecule has 4 nitrogen and oxygen atoms in total. The van der Waals surface area contributed by atoms with Crippen LogP contribution in [0.1, 0.15) is 18.4 Å². The Balaban J connectivity index is 2.25. The second-order valence-corrected chi connectivity index (χ2v) is 9.03. The van der Waals surface area contributed by atoms with Crippen molar-refractivity contribution >= 4 is 21.2 Å². The van der Waals surface area contributed by atoms with E-state index >= 15 is 4.39 Å². The Hall–Kier alpha value is -2.50. The summed E-state index contributed by atoms with van der Waals surface area (Å²) < 4.78 is 119. The molecular formula is C19H16F7NO3S. The minimum atomic E-state index is -5.06. The Labute approximate surface area is 172 Å². The van der Waals surface area contributed by atoms with Gasteiger partial charge < -0.3 is 10.0 Å².